The van der Waals surface area contributed by atoms with Gasteiger partial charge in [0.1, 0.15) is 5.82 Å². The first-order valence-electron chi connectivity index (χ1n) is 6.92. The second-order valence-corrected chi connectivity index (χ2v) is 5.70. The molecule has 0 unspecified atom stereocenters. The molecule has 19 heavy (non-hydrogen) atoms. The molecule has 4 nitrogen and oxygen atoms in total. The zero-order valence-electron chi connectivity index (χ0n) is 12.1. The summed E-state index contributed by atoms with van der Waals surface area (Å²) in [6.45, 7) is 1.93. The van der Waals surface area contributed by atoms with E-state index in [4.69, 9.17) is 5.73 Å². The molecule has 1 aliphatic rings. The summed E-state index contributed by atoms with van der Waals surface area (Å²) >= 11 is 0. The highest BCUT2D eigenvalue weighted by Gasteiger charge is 2.43. The number of carbonyl (C=O) groups is 1. The van der Waals surface area contributed by atoms with E-state index < -0.39 is 5.54 Å². The zero-order valence-corrected chi connectivity index (χ0v) is 12.1. The van der Waals surface area contributed by atoms with Gasteiger partial charge >= 0.3 is 0 Å². The number of hydrogen-bond donors (Lipinski definition) is 1. The SMILES string of the molecule is Cc1ccnc(N)c1C(=O)C1(N(C)C)CCCCC1. The van der Waals surface area contributed by atoms with Gasteiger partial charge in [0.05, 0.1) is 11.1 Å². The van der Waals surface area contributed by atoms with Gasteiger partial charge < -0.3 is 5.73 Å². The van der Waals surface area contributed by atoms with Gasteiger partial charge in [0, 0.05) is 6.20 Å². The summed E-state index contributed by atoms with van der Waals surface area (Å²) in [5, 5.41) is 0. The summed E-state index contributed by atoms with van der Waals surface area (Å²) in [4.78, 5) is 19.2. The first kappa shape index (κ1) is 14.0. The molecule has 1 saturated carbocycles. The minimum absolute atomic E-state index is 0.139. The molecule has 1 aliphatic carbocycles. The molecule has 4 heteroatoms. The monoisotopic (exact) mass is 261 g/mol. The van der Waals surface area contributed by atoms with E-state index in [1.54, 1.807) is 6.20 Å². The Bertz CT molecular complexity index is 456. The Morgan fingerprint density at radius 1 is 1.32 bits per heavy atom. The topological polar surface area (TPSA) is 59.2 Å². The molecule has 104 valence electrons. The average Bonchev–Trinajstić information content (AvgIpc) is 2.39. The average molecular weight is 261 g/mol. The molecule has 0 aliphatic heterocycles. The number of pyridine rings is 1. The van der Waals surface area contributed by atoms with Crippen molar-refractivity contribution in [2.24, 2.45) is 0 Å². The molecule has 0 amide bonds. The number of anilines is 1. The maximum atomic E-state index is 13.0. The van der Waals surface area contributed by atoms with Crippen molar-refractivity contribution in [3.05, 3.63) is 23.4 Å². The fraction of sp³-hybridized carbons (Fsp3) is 0.600. The third kappa shape index (κ3) is 2.37. The van der Waals surface area contributed by atoms with Gasteiger partial charge in [-0.25, -0.2) is 4.98 Å². The fourth-order valence-electron chi connectivity index (χ4n) is 3.12. The normalized spacial score (nSPS) is 18.5. The van der Waals surface area contributed by atoms with Crippen LogP contribution < -0.4 is 5.73 Å². The number of hydrogen-bond acceptors (Lipinski definition) is 4. The molecule has 0 saturated heterocycles. The highest BCUT2D eigenvalue weighted by Crippen LogP contribution is 2.36. The van der Waals surface area contributed by atoms with Crippen molar-refractivity contribution >= 4 is 11.6 Å². The van der Waals surface area contributed by atoms with Crippen LogP contribution in [0.25, 0.3) is 0 Å². The highest BCUT2D eigenvalue weighted by atomic mass is 16.1. The maximum absolute atomic E-state index is 13.0. The van der Waals surface area contributed by atoms with Crippen molar-refractivity contribution in [3.8, 4) is 0 Å². The lowest BCUT2D eigenvalue weighted by Gasteiger charge is -2.41. The Balaban J connectivity index is 2.45. The predicted molar refractivity (Wildman–Crippen MR) is 77.2 cm³/mol. The Hall–Kier alpha value is -1.42. The van der Waals surface area contributed by atoms with Crippen molar-refractivity contribution in [3.63, 3.8) is 0 Å². The third-order valence-electron chi connectivity index (χ3n) is 4.38. The molecule has 0 bridgehead atoms. The Kier molecular flexibility index (Phi) is 3.90. The van der Waals surface area contributed by atoms with Gasteiger partial charge in [-0.15, -0.1) is 0 Å². The molecule has 1 heterocycles. The van der Waals surface area contributed by atoms with E-state index in [0.29, 0.717) is 11.4 Å². The largest absolute Gasteiger partial charge is 0.383 e. The van der Waals surface area contributed by atoms with E-state index in [1.807, 2.05) is 27.1 Å². The van der Waals surface area contributed by atoms with Crippen LogP contribution in [-0.2, 0) is 0 Å². The Labute approximate surface area is 115 Å². The number of nitrogen functional groups attached to an aromatic ring is 1. The van der Waals surface area contributed by atoms with Crippen LogP contribution in [-0.4, -0.2) is 35.3 Å². The lowest BCUT2D eigenvalue weighted by molar-refractivity contribution is 0.0564. The van der Waals surface area contributed by atoms with Crippen LogP contribution in [0.1, 0.15) is 48.0 Å². The van der Waals surface area contributed by atoms with E-state index in [1.165, 1.54) is 6.42 Å². The summed E-state index contributed by atoms with van der Waals surface area (Å²) < 4.78 is 0. The van der Waals surface area contributed by atoms with Crippen LogP contribution in [0.5, 0.6) is 0 Å². The smallest absolute Gasteiger partial charge is 0.187 e. The van der Waals surface area contributed by atoms with Gasteiger partial charge in [0.25, 0.3) is 0 Å². The summed E-state index contributed by atoms with van der Waals surface area (Å²) in [6, 6.07) is 1.86. The van der Waals surface area contributed by atoms with Gasteiger partial charge in [0.2, 0.25) is 0 Å². The van der Waals surface area contributed by atoms with Crippen LogP contribution >= 0.6 is 0 Å². The first-order valence-corrected chi connectivity index (χ1v) is 6.92. The summed E-state index contributed by atoms with van der Waals surface area (Å²) in [7, 11) is 3.98. The van der Waals surface area contributed by atoms with E-state index in [-0.39, 0.29) is 5.78 Å². The summed E-state index contributed by atoms with van der Waals surface area (Å²) in [6.07, 6.45) is 6.89. The number of rotatable bonds is 3. The lowest BCUT2D eigenvalue weighted by atomic mass is 9.75. The number of nitrogens with two attached hydrogens (primary N) is 1. The summed E-state index contributed by atoms with van der Waals surface area (Å²) in [5.74, 6) is 0.497. The number of aromatic nitrogens is 1. The van der Waals surface area contributed by atoms with Crippen molar-refractivity contribution in [1.29, 1.82) is 0 Å². The minimum Gasteiger partial charge on any atom is -0.383 e. The quantitative estimate of drug-likeness (QED) is 0.849. The third-order valence-corrected chi connectivity index (χ3v) is 4.38. The highest BCUT2D eigenvalue weighted by molar-refractivity contribution is 6.07. The van der Waals surface area contributed by atoms with Crippen LogP contribution in [0.3, 0.4) is 0 Å². The molecule has 0 spiro atoms. The van der Waals surface area contributed by atoms with Gasteiger partial charge in [-0.05, 0) is 45.5 Å². The number of ketones is 1. The van der Waals surface area contributed by atoms with Crippen LogP contribution in [0.15, 0.2) is 12.3 Å². The number of aryl methyl sites for hydroxylation is 1. The van der Waals surface area contributed by atoms with E-state index in [2.05, 4.69) is 9.88 Å². The number of Topliss-reactive ketones (excluding diaryl/α,β-unsaturated/α-hetero) is 1. The van der Waals surface area contributed by atoms with E-state index in [0.717, 1.165) is 31.2 Å². The van der Waals surface area contributed by atoms with Gasteiger partial charge in [-0.1, -0.05) is 19.3 Å². The van der Waals surface area contributed by atoms with E-state index in [9.17, 15) is 4.79 Å². The molecule has 0 aromatic carbocycles. The second-order valence-electron chi connectivity index (χ2n) is 5.70. The van der Waals surface area contributed by atoms with Gasteiger partial charge in [0.15, 0.2) is 5.78 Å². The summed E-state index contributed by atoms with van der Waals surface area (Å²) in [5.41, 5.74) is 7.06. The van der Waals surface area contributed by atoms with Crippen LogP contribution in [0.2, 0.25) is 0 Å². The molecule has 1 aromatic heterocycles. The Morgan fingerprint density at radius 2 is 1.95 bits per heavy atom. The molecular formula is C15H23N3O. The number of nitrogens with zero attached hydrogens (tertiary/aromatic N) is 2. The second kappa shape index (κ2) is 5.29. The number of carbonyl (C=O) groups excluding carboxylic acids is 1. The van der Waals surface area contributed by atoms with Crippen molar-refractivity contribution in [2.75, 3.05) is 19.8 Å². The van der Waals surface area contributed by atoms with Crippen LogP contribution in [0.4, 0.5) is 5.82 Å². The van der Waals surface area contributed by atoms with Crippen molar-refractivity contribution in [1.82, 2.24) is 9.88 Å². The molecule has 2 N–H and O–H groups in total. The molecule has 0 atom stereocenters. The zero-order chi connectivity index (χ0) is 14.0. The first-order chi connectivity index (χ1) is 8.99. The van der Waals surface area contributed by atoms with Crippen molar-refractivity contribution in [2.45, 2.75) is 44.6 Å². The fourth-order valence-corrected chi connectivity index (χ4v) is 3.12. The number of likely N-dealkylation sites (N-methyl/N-ethyl adjacent to an activating group) is 1. The standard InChI is InChI=1S/C15H23N3O/c1-11-7-10-17-14(16)12(11)13(19)15(18(2)3)8-5-4-6-9-15/h7,10H,4-6,8-9H2,1-3H3,(H2,16,17). The molecule has 1 aromatic rings. The maximum Gasteiger partial charge on any atom is 0.187 e. The van der Waals surface area contributed by atoms with Gasteiger partial charge in [-0.2, -0.15) is 0 Å². The molecule has 0 radical (unpaired) electrons. The Morgan fingerprint density at radius 3 is 2.47 bits per heavy atom. The molecule has 1 fully saturated rings. The molecular weight excluding hydrogens is 238 g/mol. The molecule has 2 rings (SSSR count). The predicted octanol–water partition coefficient (Wildman–Crippen LogP) is 2.42. The van der Waals surface area contributed by atoms with E-state index >= 15 is 0 Å². The van der Waals surface area contributed by atoms with Crippen LogP contribution in [0, 0.1) is 6.92 Å². The van der Waals surface area contributed by atoms with Gasteiger partial charge in [-0.3, -0.25) is 9.69 Å². The lowest BCUT2D eigenvalue weighted by Crippen LogP contribution is -2.52. The van der Waals surface area contributed by atoms with Crippen molar-refractivity contribution < 1.29 is 4.79 Å². The minimum atomic E-state index is -0.403.